The van der Waals surface area contributed by atoms with E-state index in [-0.39, 0.29) is 5.82 Å². The van der Waals surface area contributed by atoms with Crippen LogP contribution in [0.2, 0.25) is 0 Å². The van der Waals surface area contributed by atoms with E-state index < -0.39 is 0 Å². The first kappa shape index (κ1) is 11.1. The summed E-state index contributed by atoms with van der Waals surface area (Å²) in [5.74, 6) is 0.567. The number of furan rings is 1. The number of rotatable bonds is 2. The third kappa shape index (κ3) is 2.07. The number of anilines is 1. The molecule has 2 N–H and O–H groups in total. The van der Waals surface area contributed by atoms with Gasteiger partial charge in [-0.2, -0.15) is 0 Å². The fraction of sp³-hybridized carbons (Fsp3) is 0.167. The zero-order chi connectivity index (χ0) is 11.7. The van der Waals surface area contributed by atoms with Crippen molar-refractivity contribution in [2.75, 3.05) is 5.73 Å². The van der Waals surface area contributed by atoms with E-state index in [4.69, 9.17) is 10.2 Å². The number of nitrogens with two attached hydrogens (primary N) is 1. The number of aryl methyl sites for hydroxylation is 2. The molecule has 2 rings (SSSR count). The molecule has 0 fully saturated rings. The van der Waals surface area contributed by atoms with Crippen molar-refractivity contribution in [3.63, 3.8) is 0 Å². The minimum atomic E-state index is -0.272. The lowest BCUT2D eigenvalue weighted by atomic mass is 10.2. The van der Waals surface area contributed by atoms with Gasteiger partial charge in [-0.15, -0.1) is 0 Å². The second-order valence-corrected chi connectivity index (χ2v) is 4.67. The van der Waals surface area contributed by atoms with Crippen LogP contribution in [0.5, 0.6) is 0 Å². The molecule has 4 heteroatoms. The highest BCUT2D eigenvalue weighted by Gasteiger charge is 2.09. The smallest absolute Gasteiger partial charge is 0.128 e. The summed E-state index contributed by atoms with van der Waals surface area (Å²) in [6, 6.07) is 4.98. The Morgan fingerprint density at radius 1 is 1.25 bits per heavy atom. The molecule has 0 saturated carbocycles. The van der Waals surface area contributed by atoms with Crippen LogP contribution in [0.15, 0.2) is 38.7 Å². The number of halogens is 1. The number of benzene rings is 1. The normalized spacial score (nSPS) is 10.7. The Balaban J connectivity index is 2.35. The Kier molecular flexibility index (Phi) is 2.92. The maximum Gasteiger partial charge on any atom is 0.128 e. The zero-order valence-corrected chi connectivity index (χ0v) is 9.90. The van der Waals surface area contributed by atoms with Crippen molar-refractivity contribution in [2.45, 2.75) is 23.6 Å². The van der Waals surface area contributed by atoms with Gasteiger partial charge < -0.3 is 10.2 Å². The van der Waals surface area contributed by atoms with E-state index in [2.05, 4.69) is 0 Å². The van der Waals surface area contributed by atoms with Gasteiger partial charge in [0.2, 0.25) is 0 Å². The van der Waals surface area contributed by atoms with Crippen molar-refractivity contribution in [2.24, 2.45) is 0 Å². The number of hydrogen-bond acceptors (Lipinski definition) is 3. The summed E-state index contributed by atoms with van der Waals surface area (Å²) < 4.78 is 18.4. The van der Waals surface area contributed by atoms with Crippen LogP contribution >= 0.6 is 11.8 Å². The van der Waals surface area contributed by atoms with Gasteiger partial charge in [-0.05, 0) is 37.6 Å². The van der Waals surface area contributed by atoms with E-state index in [0.717, 1.165) is 15.6 Å². The summed E-state index contributed by atoms with van der Waals surface area (Å²) in [5.41, 5.74) is 6.81. The van der Waals surface area contributed by atoms with Crippen LogP contribution in [0.1, 0.15) is 11.3 Å². The van der Waals surface area contributed by atoms with Crippen LogP contribution < -0.4 is 5.73 Å². The average molecular weight is 237 g/mol. The minimum Gasteiger partial charge on any atom is -0.468 e. The Bertz CT molecular complexity index is 522. The van der Waals surface area contributed by atoms with Crippen molar-refractivity contribution in [1.82, 2.24) is 0 Å². The van der Waals surface area contributed by atoms with Crippen LogP contribution in [-0.2, 0) is 0 Å². The predicted molar refractivity (Wildman–Crippen MR) is 63.1 cm³/mol. The standard InChI is InChI=1S/C12H12FNOS/c1-7-5-12(10(14)6-9(7)13)16-11-3-4-15-8(11)2/h3-6H,14H2,1-2H3. The maximum absolute atomic E-state index is 13.2. The molecule has 0 spiro atoms. The van der Waals surface area contributed by atoms with Gasteiger partial charge >= 0.3 is 0 Å². The van der Waals surface area contributed by atoms with Crippen molar-refractivity contribution >= 4 is 17.4 Å². The van der Waals surface area contributed by atoms with Gasteiger partial charge in [0.25, 0.3) is 0 Å². The Morgan fingerprint density at radius 3 is 2.62 bits per heavy atom. The highest BCUT2D eigenvalue weighted by Crippen LogP contribution is 2.35. The van der Waals surface area contributed by atoms with Gasteiger partial charge in [-0.1, -0.05) is 11.8 Å². The van der Waals surface area contributed by atoms with Gasteiger partial charge in [-0.3, -0.25) is 0 Å². The SMILES string of the molecule is Cc1cc(Sc2ccoc2C)c(N)cc1F. The molecular weight excluding hydrogens is 225 g/mol. The lowest BCUT2D eigenvalue weighted by Gasteiger charge is -2.06. The van der Waals surface area contributed by atoms with Crippen molar-refractivity contribution in [1.29, 1.82) is 0 Å². The Hall–Kier alpha value is -1.42. The second-order valence-electron chi connectivity index (χ2n) is 3.58. The minimum absolute atomic E-state index is 0.272. The Morgan fingerprint density at radius 2 is 2.00 bits per heavy atom. The Labute approximate surface area is 97.6 Å². The average Bonchev–Trinajstić information content (AvgIpc) is 2.61. The first-order valence-corrected chi connectivity index (χ1v) is 5.67. The molecule has 0 unspecified atom stereocenters. The van der Waals surface area contributed by atoms with Gasteiger partial charge in [0.05, 0.1) is 11.2 Å². The number of hydrogen-bond donors (Lipinski definition) is 1. The van der Waals surface area contributed by atoms with E-state index in [9.17, 15) is 4.39 Å². The second kappa shape index (κ2) is 4.22. The van der Waals surface area contributed by atoms with Crippen LogP contribution in [-0.4, -0.2) is 0 Å². The third-order valence-corrected chi connectivity index (χ3v) is 3.54. The summed E-state index contributed by atoms with van der Waals surface area (Å²) in [4.78, 5) is 1.85. The van der Waals surface area contributed by atoms with Crippen LogP contribution in [0.3, 0.4) is 0 Å². The van der Waals surface area contributed by atoms with Gasteiger partial charge in [-0.25, -0.2) is 4.39 Å². The van der Waals surface area contributed by atoms with Crippen LogP contribution in [0.25, 0.3) is 0 Å². The molecule has 2 nitrogen and oxygen atoms in total. The monoisotopic (exact) mass is 237 g/mol. The fourth-order valence-electron chi connectivity index (χ4n) is 1.36. The summed E-state index contributed by atoms with van der Waals surface area (Å²) in [5, 5.41) is 0. The molecule has 0 radical (unpaired) electrons. The summed E-state index contributed by atoms with van der Waals surface area (Å²) in [7, 11) is 0. The summed E-state index contributed by atoms with van der Waals surface area (Å²) >= 11 is 1.48. The molecule has 0 amide bonds. The maximum atomic E-state index is 13.2. The van der Waals surface area contributed by atoms with E-state index in [1.807, 2.05) is 13.0 Å². The molecule has 1 aromatic heterocycles. The van der Waals surface area contributed by atoms with Crippen LogP contribution in [0.4, 0.5) is 10.1 Å². The molecule has 2 aromatic rings. The molecule has 84 valence electrons. The number of nitrogen functional groups attached to an aromatic ring is 1. The molecule has 1 aromatic carbocycles. The van der Waals surface area contributed by atoms with Gasteiger partial charge in [0.15, 0.2) is 0 Å². The lowest BCUT2D eigenvalue weighted by Crippen LogP contribution is -1.92. The predicted octanol–water partition coefficient (Wildman–Crippen LogP) is 3.77. The summed E-state index contributed by atoms with van der Waals surface area (Å²) in [6.45, 7) is 3.61. The first-order chi connectivity index (χ1) is 7.58. The molecule has 1 heterocycles. The highest BCUT2D eigenvalue weighted by atomic mass is 32.2. The molecular formula is C12H12FNOS. The van der Waals surface area contributed by atoms with Crippen LogP contribution in [0, 0.1) is 19.7 Å². The molecule has 0 aliphatic heterocycles. The molecule has 0 aliphatic carbocycles. The van der Waals surface area contributed by atoms with E-state index >= 15 is 0 Å². The fourth-order valence-corrected chi connectivity index (χ4v) is 2.32. The van der Waals surface area contributed by atoms with Gasteiger partial charge in [0.1, 0.15) is 11.6 Å². The third-order valence-electron chi connectivity index (χ3n) is 2.32. The highest BCUT2D eigenvalue weighted by molar-refractivity contribution is 7.99. The first-order valence-electron chi connectivity index (χ1n) is 4.85. The van der Waals surface area contributed by atoms with E-state index in [1.165, 1.54) is 17.8 Å². The molecule has 0 aliphatic rings. The van der Waals surface area contributed by atoms with Crippen molar-refractivity contribution < 1.29 is 8.81 Å². The lowest BCUT2D eigenvalue weighted by molar-refractivity contribution is 0.527. The molecule has 0 saturated heterocycles. The van der Waals surface area contributed by atoms with E-state index in [1.54, 1.807) is 19.3 Å². The van der Waals surface area contributed by atoms with E-state index in [0.29, 0.717) is 11.3 Å². The molecule has 0 bridgehead atoms. The van der Waals surface area contributed by atoms with Crippen molar-refractivity contribution in [3.05, 3.63) is 41.6 Å². The summed E-state index contributed by atoms with van der Waals surface area (Å²) in [6.07, 6.45) is 1.63. The molecule has 16 heavy (non-hydrogen) atoms. The largest absolute Gasteiger partial charge is 0.468 e. The zero-order valence-electron chi connectivity index (χ0n) is 9.08. The quantitative estimate of drug-likeness (QED) is 0.808. The van der Waals surface area contributed by atoms with Gasteiger partial charge in [0, 0.05) is 10.6 Å². The molecule has 0 atom stereocenters. The van der Waals surface area contributed by atoms with Crippen molar-refractivity contribution in [3.8, 4) is 0 Å². The topological polar surface area (TPSA) is 39.2 Å².